The van der Waals surface area contributed by atoms with Gasteiger partial charge in [0.25, 0.3) is 0 Å². The predicted molar refractivity (Wildman–Crippen MR) is 98.1 cm³/mol. The van der Waals surface area contributed by atoms with Crippen LogP contribution in [0.2, 0.25) is 0 Å². The van der Waals surface area contributed by atoms with E-state index in [-0.39, 0.29) is 18.0 Å². The van der Waals surface area contributed by atoms with Gasteiger partial charge in [-0.15, -0.1) is 0 Å². The van der Waals surface area contributed by atoms with Gasteiger partial charge in [0, 0.05) is 6.42 Å². The average molecular weight is 345 g/mol. The minimum Gasteiger partial charge on any atom is -0.353 e. The topological polar surface area (TPSA) is 36.9 Å². The summed E-state index contributed by atoms with van der Waals surface area (Å²) in [4.78, 5) is 0. The second-order valence-corrected chi connectivity index (χ2v) is 7.29. The summed E-state index contributed by atoms with van der Waals surface area (Å²) in [7, 11) is 0. The van der Waals surface area contributed by atoms with Crippen molar-refractivity contribution in [1.29, 1.82) is 0 Å². The van der Waals surface area contributed by atoms with Crippen molar-refractivity contribution in [3.8, 4) is 0 Å². The minimum atomic E-state index is -0.319. The number of rotatable bonds is 10. The van der Waals surface area contributed by atoms with E-state index >= 15 is 0 Å². The third kappa shape index (κ3) is 9.97. The molecule has 4 nitrogen and oxygen atoms in total. The summed E-state index contributed by atoms with van der Waals surface area (Å²) < 4.78 is 21.3. The molecule has 0 spiro atoms. The lowest BCUT2D eigenvalue weighted by molar-refractivity contribution is -0.164. The third-order valence-corrected chi connectivity index (χ3v) is 4.80. The largest absolute Gasteiger partial charge is 0.353 e. The molecule has 0 aromatic carbocycles. The van der Waals surface area contributed by atoms with E-state index in [1.54, 1.807) is 0 Å². The second kappa shape index (κ2) is 13.1. The van der Waals surface area contributed by atoms with Crippen molar-refractivity contribution < 1.29 is 18.9 Å². The van der Waals surface area contributed by atoms with Crippen LogP contribution in [0.3, 0.4) is 0 Å². The van der Waals surface area contributed by atoms with Crippen LogP contribution in [-0.4, -0.2) is 38.0 Å². The van der Waals surface area contributed by atoms with Gasteiger partial charge in [0.1, 0.15) is 6.79 Å². The van der Waals surface area contributed by atoms with Crippen LogP contribution in [0.4, 0.5) is 0 Å². The lowest BCUT2D eigenvalue weighted by Gasteiger charge is -2.23. The molecule has 2 atom stereocenters. The Morgan fingerprint density at radius 3 is 1.62 bits per heavy atom. The van der Waals surface area contributed by atoms with E-state index in [1.165, 1.54) is 57.8 Å². The molecule has 2 saturated heterocycles. The first-order valence-corrected chi connectivity index (χ1v) is 10.1. The maximum Gasteiger partial charge on any atom is 0.166 e. The van der Waals surface area contributed by atoms with Gasteiger partial charge >= 0.3 is 0 Å². The highest BCUT2D eigenvalue weighted by molar-refractivity contribution is 4.78. The van der Waals surface area contributed by atoms with Crippen molar-refractivity contribution in [2.24, 2.45) is 0 Å². The van der Waals surface area contributed by atoms with Crippen LogP contribution >= 0.6 is 0 Å². The van der Waals surface area contributed by atoms with Gasteiger partial charge in [-0.25, -0.2) is 0 Å². The summed E-state index contributed by atoms with van der Waals surface area (Å²) in [6, 6.07) is 0. The number of unbranched alkanes of at least 4 members (excludes halogenated alkanes) is 8. The van der Waals surface area contributed by atoms with E-state index < -0.39 is 0 Å². The van der Waals surface area contributed by atoms with Gasteiger partial charge in [-0.2, -0.15) is 0 Å². The SMILES string of the molecule is C1COCO1.CCCCCCCCCCCC1(C)OC(C)C(C)O1. The van der Waals surface area contributed by atoms with E-state index in [9.17, 15) is 0 Å². The summed E-state index contributed by atoms with van der Waals surface area (Å²) in [5.41, 5.74) is 0. The quantitative estimate of drug-likeness (QED) is 0.495. The molecule has 0 aliphatic carbocycles. The Morgan fingerprint density at radius 2 is 1.21 bits per heavy atom. The van der Waals surface area contributed by atoms with Crippen molar-refractivity contribution in [2.45, 2.75) is 110 Å². The van der Waals surface area contributed by atoms with Gasteiger partial charge in [-0.1, -0.05) is 58.3 Å². The van der Waals surface area contributed by atoms with Crippen LogP contribution in [0.1, 0.15) is 91.9 Å². The fourth-order valence-corrected chi connectivity index (χ4v) is 3.18. The van der Waals surface area contributed by atoms with Crippen molar-refractivity contribution in [3.63, 3.8) is 0 Å². The Kier molecular flexibility index (Phi) is 11.9. The van der Waals surface area contributed by atoms with E-state index in [2.05, 4.69) is 27.7 Å². The molecule has 2 aliphatic rings. The normalized spacial score (nSPS) is 29.5. The molecular formula is C20H40O4. The molecule has 0 radical (unpaired) electrons. The Balaban J connectivity index is 0.000000488. The standard InChI is InChI=1S/C17H34O2.C3H6O2/c1-5-6-7-8-9-10-11-12-13-14-17(4)18-15(2)16(3)19-17;1-2-5-3-4-1/h15-16H,5-14H2,1-4H3;1-3H2. The monoisotopic (exact) mass is 344 g/mol. The van der Waals surface area contributed by atoms with E-state index in [0.717, 1.165) is 19.6 Å². The van der Waals surface area contributed by atoms with E-state index in [0.29, 0.717) is 6.79 Å². The molecule has 0 bridgehead atoms. The Hall–Kier alpha value is -0.160. The number of hydrogen-bond donors (Lipinski definition) is 0. The number of ether oxygens (including phenoxy) is 4. The molecule has 0 N–H and O–H groups in total. The first-order chi connectivity index (χ1) is 11.6. The lowest BCUT2D eigenvalue weighted by Crippen LogP contribution is -2.26. The van der Waals surface area contributed by atoms with Gasteiger partial charge in [0.15, 0.2) is 5.79 Å². The van der Waals surface area contributed by atoms with Crippen molar-refractivity contribution >= 4 is 0 Å². The molecule has 144 valence electrons. The summed E-state index contributed by atoms with van der Waals surface area (Å²) in [5, 5.41) is 0. The molecule has 2 heterocycles. The van der Waals surface area contributed by atoms with Crippen LogP contribution in [0.5, 0.6) is 0 Å². The fraction of sp³-hybridized carbons (Fsp3) is 1.00. The average Bonchev–Trinajstić information content (AvgIpc) is 3.19. The third-order valence-electron chi connectivity index (χ3n) is 4.80. The highest BCUT2D eigenvalue weighted by Crippen LogP contribution is 2.32. The highest BCUT2D eigenvalue weighted by atomic mass is 16.8. The summed E-state index contributed by atoms with van der Waals surface area (Å²) in [6.07, 6.45) is 13.8. The zero-order valence-electron chi connectivity index (χ0n) is 16.5. The summed E-state index contributed by atoms with van der Waals surface area (Å²) in [5.74, 6) is -0.319. The van der Waals surface area contributed by atoms with Crippen LogP contribution in [0, 0.1) is 0 Å². The molecule has 0 amide bonds. The first kappa shape index (κ1) is 21.9. The van der Waals surface area contributed by atoms with Crippen molar-refractivity contribution in [3.05, 3.63) is 0 Å². The van der Waals surface area contributed by atoms with Crippen LogP contribution in [0.15, 0.2) is 0 Å². The smallest absolute Gasteiger partial charge is 0.166 e. The first-order valence-electron chi connectivity index (χ1n) is 10.1. The van der Waals surface area contributed by atoms with Gasteiger partial charge < -0.3 is 18.9 Å². The van der Waals surface area contributed by atoms with E-state index in [4.69, 9.17) is 18.9 Å². The zero-order chi connectivity index (χ0) is 17.7. The van der Waals surface area contributed by atoms with Gasteiger partial charge in [0.05, 0.1) is 25.4 Å². The van der Waals surface area contributed by atoms with Gasteiger partial charge in [-0.3, -0.25) is 0 Å². The maximum atomic E-state index is 5.91. The Bertz CT molecular complexity index is 274. The van der Waals surface area contributed by atoms with Gasteiger partial charge in [0.2, 0.25) is 0 Å². The molecule has 0 aromatic rings. The molecule has 0 saturated carbocycles. The summed E-state index contributed by atoms with van der Waals surface area (Å²) >= 11 is 0. The molecule has 2 fully saturated rings. The molecule has 0 aromatic heterocycles. The lowest BCUT2D eigenvalue weighted by atomic mass is 10.0. The number of hydrogen-bond acceptors (Lipinski definition) is 4. The van der Waals surface area contributed by atoms with Crippen molar-refractivity contribution in [1.82, 2.24) is 0 Å². The zero-order valence-corrected chi connectivity index (χ0v) is 16.5. The van der Waals surface area contributed by atoms with Crippen molar-refractivity contribution in [2.75, 3.05) is 20.0 Å². The molecule has 2 unspecified atom stereocenters. The Labute approximate surface area is 149 Å². The predicted octanol–water partition coefficient (Wildman–Crippen LogP) is 5.44. The van der Waals surface area contributed by atoms with Crippen LogP contribution in [-0.2, 0) is 18.9 Å². The van der Waals surface area contributed by atoms with Crippen LogP contribution in [0.25, 0.3) is 0 Å². The second-order valence-electron chi connectivity index (χ2n) is 7.29. The maximum absolute atomic E-state index is 5.91. The summed E-state index contributed by atoms with van der Waals surface area (Å²) in [6.45, 7) is 10.6. The Morgan fingerprint density at radius 1 is 0.750 bits per heavy atom. The highest BCUT2D eigenvalue weighted by Gasteiger charge is 2.39. The minimum absolute atomic E-state index is 0.239. The molecule has 2 rings (SSSR count). The molecular weight excluding hydrogens is 304 g/mol. The van der Waals surface area contributed by atoms with Gasteiger partial charge in [-0.05, 0) is 27.2 Å². The fourth-order valence-electron chi connectivity index (χ4n) is 3.18. The van der Waals surface area contributed by atoms with E-state index in [1.807, 2.05) is 0 Å². The molecule has 24 heavy (non-hydrogen) atoms. The molecule has 4 heteroatoms. The molecule has 2 aliphatic heterocycles. The van der Waals surface area contributed by atoms with Crippen LogP contribution < -0.4 is 0 Å².